The summed E-state index contributed by atoms with van der Waals surface area (Å²) in [5.41, 5.74) is 2.58. The summed E-state index contributed by atoms with van der Waals surface area (Å²) >= 11 is 5.79. The van der Waals surface area contributed by atoms with E-state index < -0.39 is 10.8 Å². The van der Waals surface area contributed by atoms with Gasteiger partial charge in [0.1, 0.15) is 16.3 Å². The molecule has 8 nitrogen and oxygen atoms in total. The van der Waals surface area contributed by atoms with Crippen molar-refractivity contribution >= 4 is 40.0 Å². The standard InChI is InChI=1S/C21H14ClN3O5/c1-11-2-7-19-16(8-11)24-21(30-19)14-10-13(4-6-18(14)26)23-20(27)12-3-5-15(22)17(9-12)25(28)29/h2-10,26H,1H3,(H,23,27). The van der Waals surface area contributed by atoms with Crippen molar-refractivity contribution in [3.8, 4) is 17.2 Å². The summed E-state index contributed by atoms with van der Waals surface area (Å²) in [6.45, 7) is 1.93. The van der Waals surface area contributed by atoms with Gasteiger partial charge in [0.2, 0.25) is 5.89 Å². The highest BCUT2D eigenvalue weighted by atomic mass is 35.5. The largest absolute Gasteiger partial charge is 0.507 e. The third-order valence-corrected chi connectivity index (χ3v) is 4.75. The zero-order valence-corrected chi connectivity index (χ0v) is 16.3. The van der Waals surface area contributed by atoms with Crippen molar-refractivity contribution in [3.05, 3.63) is 80.9 Å². The van der Waals surface area contributed by atoms with Crippen LogP contribution in [0.2, 0.25) is 5.02 Å². The lowest BCUT2D eigenvalue weighted by Crippen LogP contribution is -2.12. The van der Waals surface area contributed by atoms with E-state index in [0.29, 0.717) is 22.4 Å². The zero-order valence-electron chi connectivity index (χ0n) is 15.5. The number of carbonyl (C=O) groups excluding carboxylic acids is 1. The summed E-state index contributed by atoms with van der Waals surface area (Å²) in [5.74, 6) is -0.440. The van der Waals surface area contributed by atoms with Crippen molar-refractivity contribution in [1.82, 2.24) is 4.98 Å². The molecular formula is C21H14ClN3O5. The van der Waals surface area contributed by atoms with Crippen molar-refractivity contribution in [1.29, 1.82) is 0 Å². The number of anilines is 1. The van der Waals surface area contributed by atoms with E-state index in [-0.39, 0.29) is 27.9 Å². The topological polar surface area (TPSA) is 118 Å². The predicted octanol–water partition coefficient (Wildman–Crippen LogP) is 5.32. The Labute approximate surface area is 174 Å². The van der Waals surface area contributed by atoms with Crippen LogP contribution in [0.1, 0.15) is 15.9 Å². The molecule has 0 aliphatic carbocycles. The summed E-state index contributed by atoms with van der Waals surface area (Å²) in [7, 11) is 0. The number of hydrogen-bond donors (Lipinski definition) is 2. The first-order chi connectivity index (χ1) is 14.3. The van der Waals surface area contributed by atoms with Gasteiger partial charge >= 0.3 is 0 Å². The van der Waals surface area contributed by atoms with Crippen molar-refractivity contribution < 1.29 is 19.2 Å². The fraction of sp³-hybridized carbons (Fsp3) is 0.0476. The van der Waals surface area contributed by atoms with Crippen molar-refractivity contribution in [2.24, 2.45) is 0 Å². The Balaban J connectivity index is 1.65. The van der Waals surface area contributed by atoms with Crippen LogP contribution in [-0.4, -0.2) is 20.9 Å². The van der Waals surface area contributed by atoms with Crippen LogP contribution in [0.4, 0.5) is 11.4 Å². The highest BCUT2D eigenvalue weighted by molar-refractivity contribution is 6.32. The number of hydrogen-bond acceptors (Lipinski definition) is 6. The number of nitrogens with zero attached hydrogens (tertiary/aromatic N) is 2. The highest BCUT2D eigenvalue weighted by Crippen LogP contribution is 2.34. The quantitative estimate of drug-likeness (QED) is 0.260. The Morgan fingerprint density at radius 1 is 1.17 bits per heavy atom. The number of aromatic nitrogens is 1. The minimum absolute atomic E-state index is 0.0605. The van der Waals surface area contributed by atoms with Gasteiger partial charge in [-0.15, -0.1) is 0 Å². The monoisotopic (exact) mass is 423 g/mol. The van der Waals surface area contributed by atoms with Gasteiger partial charge < -0.3 is 14.8 Å². The molecule has 2 N–H and O–H groups in total. The Kier molecular flexibility index (Phi) is 4.85. The van der Waals surface area contributed by atoms with E-state index in [9.17, 15) is 20.0 Å². The molecule has 0 spiro atoms. The lowest BCUT2D eigenvalue weighted by Gasteiger charge is -2.08. The smallest absolute Gasteiger partial charge is 0.288 e. The molecule has 1 heterocycles. The van der Waals surface area contributed by atoms with Crippen LogP contribution in [-0.2, 0) is 0 Å². The Hall–Kier alpha value is -3.91. The van der Waals surface area contributed by atoms with Gasteiger partial charge in [-0.1, -0.05) is 17.7 Å². The van der Waals surface area contributed by atoms with Crippen molar-refractivity contribution in [2.75, 3.05) is 5.32 Å². The van der Waals surface area contributed by atoms with Crippen molar-refractivity contribution in [2.45, 2.75) is 6.92 Å². The molecule has 0 atom stereocenters. The fourth-order valence-electron chi connectivity index (χ4n) is 2.93. The predicted molar refractivity (Wildman–Crippen MR) is 112 cm³/mol. The van der Waals surface area contributed by atoms with Gasteiger partial charge in [0.05, 0.1) is 10.5 Å². The average molecular weight is 424 g/mol. The van der Waals surface area contributed by atoms with Gasteiger partial charge in [0.15, 0.2) is 5.58 Å². The van der Waals surface area contributed by atoms with E-state index in [2.05, 4.69) is 10.3 Å². The maximum absolute atomic E-state index is 12.5. The number of nitro benzene ring substituents is 1. The Bertz CT molecular complexity index is 1320. The number of aromatic hydroxyl groups is 1. The highest BCUT2D eigenvalue weighted by Gasteiger charge is 2.18. The van der Waals surface area contributed by atoms with Gasteiger partial charge in [-0.05, 0) is 55.0 Å². The average Bonchev–Trinajstić information content (AvgIpc) is 3.12. The number of halogens is 1. The second-order valence-electron chi connectivity index (χ2n) is 6.60. The molecule has 0 bridgehead atoms. The SMILES string of the molecule is Cc1ccc2oc(-c3cc(NC(=O)c4ccc(Cl)c([N+](=O)[O-])c4)ccc3O)nc2c1. The maximum Gasteiger partial charge on any atom is 0.288 e. The van der Waals surface area contributed by atoms with Crippen molar-refractivity contribution in [3.63, 3.8) is 0 Å². The molecule has 0 fully saturated rings. The number of nitrogens with one attached hydrogen (secondary N) is 1. The second-order valence-corrected chi connectivity index (χ2v) is 7.01. The normalized spacial score (nSPS) is 10.9. The summed E-state index contributed by atoms with van der Waals surface area (Å²) < 4.78 is 5.72. The number of carbonyl (C=O) groups is 1. The number of fused-ring (bicyclic) bond motifs is 1. The van der Waals surface area contributed by atoms with E-state index in [4.69, 9.17) is 16.0 Å². The van der Waals surface area contributed by atoms with Crippen LogP contribution >= 0.6 is 11.6 Å². The molecule has 0 aliphatic heterocycles. The van der Waals surface area contributed by atoms with E-state index in [1.807, 2.05) is 19.1 Å². The molecule has 30 heavy (non-hydrogen) atoms. The molecule has 9 heteroatoms. The van der Waals surface area contributed by atoms with Crippen LogP contribution < -0.4 is 5.32 Å². The first kappa shape index (κ1) is 19.4. The number of oxazole rings is 1. The van der Waals surface area contributed by atoms with Crippen LogP contribution in [0.5, 0.6) is 5.75 Å². The molecule has 0 saturated carbocycles. The van der Waals surface area contributed by atoms with Gasteiger partial charge in [-0.2, -0.15) is 0 Å². The molecule has 150 valence electrons. The molecule has 3 aromatic carbocycles. The third-order valence-electron chi connectivity index (χ3n) is 4.43. The molecule has 4 aromatic rings. The Morgan fingerprint density at radius 3 is 2.73 bits per heavy atom. The number of nitro groups is 1. The Morgan fingerprint density at radius 2 is 1.97 bits per heavy atom. The lowest BCUT2D eigenvalue weighted by molar-refractivity contribution is -0.384. The third kappa shape index (κ3) is 3.68. The minimum Gasteiger partial charge on any atom is -0.507 e. The summed E-state index contributed by atoms with van der Waals surface area (Å²) in [6, 6.07) is 13.7. The summed E-state index contributed by atoms with van der Waals surface area (Å²) in [5, 5.41) is 23.9. The van der Waals surface area contributed by atoms with E-state index in [1.165, 1.54) is 30.3 Å². The number of rotatable bonds is 4. The molecule has 0 aliphatic rings. The summed E-state index contributed by atoms with van der Waals surface area (Å²) in [4.78, 5) is 27.3. The number of phenolic OH excluding ortho intramolecular Hbond substituents is 1. The number of amides is 1. The first-order valence-corrected chi connectivity index (χ1v) is 9.15. The molecule has 0 saturated heterocycles. The van der Waals surface area contributed by atoms with Crippen LogP contribution in [0.15, 0.2) is 59.0 Å². The summed E-state index contributed by atoms with van der Waals surface area (Å²) in [6.07, 6.45) is 0. The number of aryl methyl sites for hydroxylation is 1. The molecular weight excluding hydrogens is 410 g/mol. The molecule has 0 radical (unpaired) electrons. The van der Waals surface area contributed by atoms with E-state index in [0.717, 1.165) is 11.6 Å². The zero-order chi connectivity index (χ0) is 21.4. The second kappa shape index (κ2) is 7.49. The maximum atomic E-state index is 12.5. The van der Waals surface area contributed by atoms with E-state index in [1.54, 1.807) is 6.07 Å². The number of phenols is 1. The van der Waals surface area contributed by atoms with Gasteiger partial charge in [-0.3, -0.25) is 14.9 Å². The number of benzene rings is 3. The molecule has 1 amide bonds. The van der Waals surface area contributed by atoms with Gasteiger partial charge in [-0.25, -0.2) is 4.98 Å². The minimum atomic E-state index is -0.660. The van der Waals surface area contributed by atoms with E-state index >= 15 is 0 Å². The fourth-order valence-corrected chi connectivity index (χ4v) is 3.12. The molecule has 4 rings (SSSR count). The van der Waals surface area contributed by atoms with Gasteiger partial charge in [0.25, 0.3) is 11.6 Å². The van der Waals surface area contributed by atoms with Gasteiger partial charge in [0, 0.05) is 17.3 Å². The molecule has 0 unspecified atom stereocenters. The molecule has 1 aromatic heterocycles. The van der Waals surface area contributed by atoms with Crippen LogP contribution in [0, 0.1) is 17.0 Å². The van der Waals surface area contributed by atoms with Crippen LogP contribution in [0.3, 0.4) is 0 Å². The first-order valence-electron chi connectivity index (χ1n) is 8.78. The van der Waals surface area contributed by atoms with Crippen LogP contribution in [0.25, 0.3) is 22.6 Å². The lowest BCUT2D eigenvalue weighted by atomic mass is 10.1.